The molecule has 2 unspecified atom stereocenters. The molecule has 21 heteroatoms. The van der Waals surface area contributed by atoms with Gasteiger partial charge in [-0.15, -0.1) is 0 Å². The van der Waals surface area contributed by atoms with Gasteiger partial charge in [-0.05, 0) is 40.0 Å². The van der Waals surface area contributed by atoms with Crippen LogP contribution in [0.1, 0.15) is 234 Å². The third-order valence-electron chi connectivity index (χ3n) is 14.7. The van der Waals surface area contributed by atoms with Crippen LogP contribution in [-0.2, 0) is 52.5 Å². The van der Waals surface area contributed by atoms with Crippen molar-refractivity contribution in [2.75, 3.05) is 19.8 Å². The van der Waals surface area contributed by atoms with Crippen LogP contribution in [0.4, 0.5) is 0 Å². The van der Waals surface area contributed by atoms with Crippen LogP contribution in [0, 0.1) is 0 Å². The van der Waals surface area contributed by atoms with E-state index in [9.17, 15) is 59.1 Å². The number of carbonyl (C=O) groups is 7. The van der Waals surface area contributed by atoms with Crippen molar-refractivity contribution in [2.24, 2.45) is 11.5 Å². The van der Waals surface area contributed by atoms with Crippen LogP contribution in [0.15, 0.2) is 0 Å². The Kier molecular flexibility index (Phi) is 38.7. The van der Waals surface area contributed by atoms with Gasteiger partial charge in [0.2, 0.25) is 23.6 Å². The van der Waals surface area contributed by atoms with E-state index >= 15 is 0 Å². The van der Waals surface area contributed by atoms with Crippen LogP contribution in [-0.4, -0.2) is 158 Å². The van der Waals surface area contributed by atoms with Crippen molar-refractivity contribution in [1.82, 2.24) is 15.5 Å². The minimum atomic E-state index is -2.71. The number of carboxylic acid groups (broad SMARTS) is 1. The molecule has 1 heterocycles. The fourth-order valence-electron chi connectivity index (χ4n) is 9.89. The Morgan fingerprint density at radius 1 is 0.679 bits per heavy atom. The first-order valence-corrected chi connectivity index (χ1v) is 29.6. The van der Waals surface area contributed by atoms with Crippen LogP contribution < -0.4 is 22.1 Å². The molecule has 4 amide bonds. The highest BCUT2D eigenvalue weighted by Crippen LogP contribution is 2.32. The van der Waals surface area contributed by atoms with Gasteiger partial charge >= 0.3 is 17.9 Å². The first-order chi connectivity index (χ1) is 37.2. The molecule has 21 nitrogen and oxygen atoms in total. The quantitative estimate of drug-likeness (QED) is 0.0254. The molecule has 0 saturated carbocycles. The lowest BCUT2D eigenvalue weighted by atomic mass is 9.87. The van der Waals surface area contributed by atoms with Crippen LogP contribution in [0.25, 0.3) is 0 Å². The molecule has 1 aliphatic rings. The topological polar surface area (TPSA) is 337 Å². The van der Waals surface area contributed by atoms with Gasteiger partial charge in [0.15, 0.2) is 24.0 Å². The fourth-order valence-corrected chi connectivity index (χ4v) is 9.89. The molecule has 0 aliphatic carbocycles. The van der Waals surface area contributed by atoms with E-state index in [0.29, 0.717) is 25.7 Å². The summed E-state index contributed by atoms with van der Waals surface area (Å²) in [5.74, 6) is -6.96. The molecule has 0 aromatic rings. The maximum Gasteiger partial charge on any atom is 0.333 e. The van der Waals surface area contributed by atoms with Gasteiger partial charge in [-0.1, -0.05) is 168 Å². The minimum absolute atomic E-state index is 0.101. The molecular weight excluding hydrogens is 1010 g/mol. The largest absolute Gasteiger partial charge is 0.479 e. The van der Waals surface area contributed by atoms with E-state index in [2.05, 4.69) is 24.5 Å². The van der Waals surface area contributed by atoms with Crippen molar-refractivity contribution in [3.8, 4) is 0 Å². The highest BCUT2D eigenvalue weighted by Gasteiger charge is 2.56. The number of hydrogen-bond donors (Lipinski definition) is 9. The molecule has 0 bridgehead atoms. The van der Waals surface area contributed by atoms with Gasteiger partial charge in [-0.2, -0.15) is 0 Å². The molecular formula is C57H105N5O16. The Morgan fingerprint density at radius 3 is 1.50 bits per heavy atom. The molecule has 1 rings (SSSR count). The SMILES string of the molecule is CCCCCCCCCCCCCCCC(=O)OC([C@H](CO)OC(=O)CCCCCCCCCCCCCCC)[C@](C)(C(=O)O)N(CC(C)O[C@H]1[C@H](O)[C@@H](CO)O[C@H](O)[C@@H]1NC(C)=O)C(=O)CC[C@H](NC(=O)[C@H](C)N)C(N)=O. The number of rotatable bonds is 47. The molecule has 11 N–H and O–H groups in total. The monoisotopic (exact) mass is 1120 g/mol. The molecule has 0 spiro atoms. The van der Waals surface area contributed by atoms with Crippen molar-refractivity contribution < 1.29 is 78.0 Å². The van der Waals surface area contributed by atoms with E-state index in [4.69, 9.17) is 30.4 Å². The average molecular weight is 1120 g/mol. The third-order valence-corrected chi connectivity index (χ3v) is 14.7. The number of carboxylic acids is 1. The summed E-state index contributed by atoms with van der Waals surface area (Å²) >= 11 is 0. The lowest BCUT2D eigenvalue weighted by Crippen LogP contribution is -2.68. The lowest BCUT2D eigenvalue weighted by Gasteiger charge is -2.47. The predicted octanol–water partition coefficient (Wildman–Crippen LogP) is 5.88. The van der Waals surface area contributed by atoms with Crippen molar-refractivity contribution in [3.05, 3.63) is 0 Å². The number of nitrogens with two attached hydrogens (primary N) is 2. The van der Waals surface area contributed by atoms with E-state index < -0.39 is 141 Å². The summed E-state index contributed by atoms with van der Waals surface area (Å²) in [5.41, 5.74) is 8.60. The number of carbonyl (C=O) groups excluding carboxylic acids is 6. The second kappa shape index (κ2) is 41.9. The Labute approximate surface area is 465 Å². The molecule has 1 aliphatic heterocycles. The number of ether oxygens (including phenoxy) is 4. The predicted molar refractivity (Wildman–Crippen MR) is 295 cm³/mol. The van der Waals surface area contributed by atoms with E-state index in [1.54, 1.807) is 0 Å². The van der Waals surface area contributed by atoms with E-state index in [0.717, 1.165) is 70.1 Å². The van der Waals surface area contributed by atoms with Gasteiger partial charge in [-0.25, -0.2) is 4.79 Å². The number of nitrogens with zero attached hydrogens (tertiary/aromatic N) is 1. The molecule has 11 atom stereocenters. The number of nitrogens with one attached hydrogen (secondary N) is 2. The summed E-state index contributed by atoms with van der Waals surface area (Å²) in [6.45, 7) is 6.77. The summed E-state index contributed by atoms with van der Waals surface area (Å²) in [6.07, 6.45) is 14.4. The summed E-state index contributed by atoms with van der Waals surface area (Å²) in [7, 11) is 0. The second-order valence-electron chi connectivity index (χ2n) is 21.7. The van der Waals surface area contributed by atoms with Gasteiger partial charge < -0.3 is 71.5 Å². The number of amides is 4. The maximum absolute atomic E-state index is 14.8. The molecule has 1 fully saturated rings. The number of aliphatic hydroxyl groups excluding tert-OH is 4. The van der Waals surface area contributed by atoms with E-state index in [1.807, 2.05) is 0 Å². The van der Waals surface area contributed by atoms with Crippen LogP contribution in [0.5, 0.6) is 0 Å². The third kappa shape index (κ3) is 28.4. The molecule has 0 radical (unpaired) electrons. The van der Waals surface area contributed by atoms with Gasteiger partial charge in [0.25, 0.3) is 0 Å². The summed E-state index contributed by atoms with van der Waals surface area (Å²) in [4.78, 5) is 94.4. The zero-order valence-electron chi connectivity index (χ0n) is 48.4. The Balaban J connectivity index is 3.57. The van der Waals surface area contributed by atoms with Gasteiger partial charge in [-0.3, -0.25) is 28.8 Å². The molecule has 0 aromatic heterocycles. The average Bonchev–Trinajstić information content (AvgIpc) is 3.40. The summed E-state index contributed by atoms with van der Waals surface area (Å²) in [5, 5.41) is 59.2. The fraction of sp³-hybridized carbons (Fsp3) is 0.877. The Morgan fingerprint density at radius 2 is 1.12 bits per heavy atom. The minimum Gasteiger partial charge on any atom is -0.479 e. The number of unbranched alkanes of at least 4 members (excludes halogenated alkanes) is 24. The van der Waals surface area contributed by atoms with E-state index in [-0.39, 0.29) is 12.8 Å². The normalized spacial score (nSPS) is 20.1. The highest BCUT2D eigenvalue weighted by molar-refractivity contribution is 5.90. The van der Waals surface area contributed by atoms with Crippen molar-refractivity contribution >= 4 is 41.5 Å². The first-order valence-electron chi connectivity index (χ1n) is 29.6. The first kappa shape index (κ1) is 72.0. The zero-order chi connectivity index (χ0) is 58.5. The lowest BCUT2D eigenvalue weighted by molar-refractivity contribution is -0.268. The number of hydrogen-bond acceptors (Lipinski definition) is 16. The van der Waals surface area contributed by atoms with Gasteiger partial charge in [0, 0.05) is 32.7 Å². The zero-order valence-corrected chi connectivity index (χ0v) is 48.4. The number of aliphatic hydroxyl groups is 4. The maximum atomic E-state index is 14.8. The van der Waals surface area contributed by atoms with Gasteiger partial charge in [0.05, 0.1) is 25.4 Å². The van der Waals surface area contributed by atoms with Crippen LogP contribution in [0.3, 0.4) is 0 Å². The summed E-state index contributed by atoms with van der Waals surface area (Å²) in [6, 6.07) is -3.97. The van der Waals surface area contributed by atoms with Crippen molar-refractivity contribution in [1.29, 1.82) is 0 Å². The van der Waals surface area contributed by atoms with Crippen LogP contribution in [0.2, 0.25) is 0 Å². The Hall–Kier alpha value is -3.99. The van der Waals surface area contributed by atoms with Crippen molar-refractivity contribution in [3.63, 3.8) is 0 Å². The number of aliphatic carboxylic acids is 1. The molecule has 454 valence electrons. The van der Waals surface area contributed by atoms with Crippen LogP contribution >= 0.6 is 0 Å². The summed E-state index contributed by atoms with van der Waals surface area (Å²) < 4.78 is 23.3. The molecule has 1 saturated heterocycles. The molecule has 78 heavy (non-hydrogen) atoms. The Bertz CT molecular complexity index is 1710. The van der Waals surface area contributed by atoms with E-state index in [1.165, 1.54) is 104 Å². The second-order valence-corrected chi connectivity index (χ2v) is 21.7. The van der Waals surface area contributed by atoms with Gasteiger partial charge in [0.1, 0.15) is 30.4 Å². The number of primary amides is 1. The molecule has 0 aromatic carbocycles. The standard InChI is InChI=1S/C57H105N5O16/c1-7-9-11-13-15-17-19-21-23-25-27-29-31-33-47(67)76-45(39-64)52(78-48(68)34-32-30-28-26-24-22-20-18-16-14-12-10-8-2)57(6,56(73)74)62(46(66)36-35-43(53(59)70)61-54(71)41(4)58)37-40(3)75-51-49(60-42(5)65)55(72)77-44(38-63)50(51)69/h40-41,43-45,49-52,55,63-64,69,72H,7-39,58H2,1-6H3,(H2,59,70)(H,60,65)(H,61,71)(H,73,74)/t40?,41-,43-,44+,45-,49+,50+,51+,52?,55-,57+/m0/s1. The smallest absolute Gasteiger partial charge is 0.333 e. The highest BCUT2D eigenvalue weighted by atomic mass is 16.6. The number of esters is 2. The van der Waals surface area contributed by atoms with Crippen molar-refractivity contribution in [2.45, 2.75) is 301 Å².